The van der Waals surface area contributed by atoms with Crippen LogP contribution in [0.3, 0.4) is 0 Å². The van der Waals surface area contributed by atoms with Gasteiger partial charge in [0.25, 0.3) is 0 Å². The smallest absolute Gasteiger partial charge is 0.338 e. The predicted octanol–water partition coefficient (Wildman–Crippen LogP) is 7.50. The Balaban J connectivity index is 0.00000756. The van der Waals surface area contributed by atoms with Crippen molar-refractivity contribution in [2.24, 2.45) is 5.41 Å². The Labute approximate surface area is 324 Å². The number of benzene rings is 3. The van der Waals surface area contributed by atoms with Crippen molar-refractivity contribution in [2.75, 3.05) is 59.2 Å². The molecule has 1 aliphatic rings. The third-order valence-corrected chi connectivity index (χ3v) is 9.22. The lowest BCUT2D eigenvalue weighted by atomic mass is 9.62. The zero-order chi connectivity index (χ0) is 38.1. The van der Waals surface area contributed by atoms with E-state index in [4.69, 9.17) is 46.9 Å². The molecule has 0 bridgehead atoms. The Hall–Kier alpha value is -3.54. The van der Waals surface area contributed by atoms with Crippen LogP contribution in [0.4, 0.5) is 14.5 Å². The SMILES string of the molecule is COCCOCCOCCOC(=O)c1ccc(NC(=O)[C@@H]2N[C@@H](CC(C)(C)C)[C@](C#N)(c3ccc(Cl)cc3F)[C@H]2c2cccc(Cl)c2F)c(OC)c1.Cl. The maximum Gasteiger partial charge on any atom is 0.338 e. The summed E-state index contributed by atoms with van der Waals surface area (Å²) in [7, 11) is 2.95. The molecule has 10 nitrogen and oxygen atoms in total. The molecule has 1 fully saturated rings. The zero-order valence-electron chi connectivity index (χ0n) is 30.1. The molecule has 0 radical (unpaired) electrons. The van der Waals surface area contributed by atoms with Gasteiger partial charge in [0, 0.05) is 29.7 Å². The Morgan fingerprint density at radius 3 is 2.26 bits per heavy atom. The van der Waals surface area contributed by atoms with Crippen LogP contribution in [0.15, 0.2) is 54.6 Å². The summed E-state index contributed by atoms with van der Waals surface area (Å²) in [5, 5.41) is 17.0. The van der Waals surface area contributed by atoms with Crippen molar-refractivity contribution in [3.63, 3.8) is 0 Å². The molecule has 1 amide bonds. The summed E-state index contributed by atoms with van der Waals surface area (Å²) < 4.78 is 58.4. The standard InChI is InChI=1S/C38H43Cl2F2N3O7.ClH/c1-37(2,3)21-31-38(22-43,26-11-10-24(39)20-28(26)41)32(25-7-6-8-27(40)33(25)42)34(45-31)35(46)44-29-12-9-23(19-30(29)49-5)36(47)52-18-17-51-16-15-50-14-13-48-4;/h6-12,19-20,31-32,34,45H,13-18,21H2,1-5H3,(H,44,46);1H/t31-,32-,34+,38-;/m0./s1. The van der Waals surface area contributed by atoms with Crippen molar-refractivity contribution in [3.05, 3.63) is 93.0 Å². The largest absolute Gasteiger partial charge is 0.495 e. The van der Waals surface area contributed by atoms with E-state index in [0.29, 0.717) is 32.8 Å². The molecule has 1 heterocycles. The molecule has 1 saturated heterocycles. The maximum absolute atomic E-state index is 16.0. The van der Waals surface area contributed by atoms with Gasteiger partial charge < -0.3 is 34.3 Å². The van der Waals surface area contributed by atoms with Crippen LogP contribution in [0.1, 0.15) is 54.6 Å². The number of nitrogens with zero attached hydrogens (tertiary/aromatic N) is 1. The van der Waals surface area contributed by atoms with Crippen LogP contribution in [-0.2, 0) is 29.2 Å². The quantitative estimate of drug-likeness (QED) is 0.112. The highest BCUT2D eigenvalue weighted by molar-refractivity contribution is 6.31. The number of carbonyl (C=O) groups excluding carboxylic acids is 2. The van der Waals surface area contributed by atoms with Crippen molar-refractivity contribution < 1.29 is 42.1 Å². The van der Waals surface area contributed by atoms with E-state index >= 15 is 8.78 Å². The zero-order valence-corrected chi connectivity index (χ0v) is 32.4. The minimum atomic E-state index is -1.80. The Bertz CT molecular complexity index is 1770. The van der Waals surface area contributed by atoms with Crippen LogP contribution in [-0.4, -0.2) is 77.8 Å². The van der Waals surface area contributed by atoms with E-state index in [1.54, 1.807) is 7.11 Å². The molecule has 3 aromatic carbocycles. The first-order valence-corrected chi connectivity index (χ1v) is 17.4. The van der Waals surface area contributed by atoms with Crippen molar-refractivity contribution in [2.45, 2.75) is 50.6 Å². The van der Waals surface area contributed by atoms with Gasteiger partial charge in [0.15, 0.2) is 0 Å². The van der Waals surface area contributed by atoms with Crippen LogP contribution in [0.2, 0.25) is 10.0 Å². The number of nitriles is 1. The van der Waals surface area contributed by atoms with Crippen molar-refractivity contribution >= 4 is 53.2 Å². The summed E-state index contributed by atoms with van der Waals surface area (Å²) in [4.78, 5) is 27.1. The molecular formula is C38H44Cl3F2N3O7. The predicted molar refractivity (Wildman–Crippen MR) is 200 cm³/mol. The number of anilines is 1. The topological polar surface area (TPSA) is 128 Å². The minimum absolute atomic E-state index is 0. The van der Waals surface area contributed by atoms with Gasteiger partial charge in [-0.1, -0.05) is 62.2 Å². The number of hydrogen-bond acceptors (Lipinski definition) is 9. The lowest BCUT2D eigenvalue weighted by Crippen LogP contribution is -2.45. The van der Waals surface area contributed by atoms with E-state index in [9.17, 15) is 14.9 Å². The number of esters is 1. The Kier molecular flexibility index (Phi) is 16.3. The van der Waals surface area contributed by atoms with Crippen molar-refractivity contribution in [1.82, 2.24) is 5.32 Å². The van der Waals surface area contributed by atoms with E-state index in [1.807, 2.05) is 20.8 Å². The molecule has 1 aliphatic heterocycles. The third kappa shape index (κ3) is 10.6. The molecule has 0 aromatic heterocycles. The number of halogens is 5. The van der Waals surface area contributed by atoms with Gasteiger partial charge in [0.1, 0.15) is 29.4 Å². The normalized spacial score (nSPS) is 19.6. The Morgan fingerprint density at radius 1 is 0.962 bits per heavy atom. The molecule has 288 valence electrons. The number of methoxy groups -OCH3 is 2. The van der Waals surface area contributed by atoms with Gasteiger partial charge in [-0.15, -0.1) is 12.4 Å². The summed E-state index contributed by atoms with van der Waals surface area (Å²) in [6.07, 6.45) is 0.304. The molecule has 0 spiro atoms. The van der Waals surface area contributed by atoms with Crippen LogP contribution < -0.4 is 15.4 Å². The fourth-order valence-corrected chi connectivity index (χ4v) is 6.77. The Morgan fingerprint density at radius 2 is 1.64 bits per heavy atom. The molecule has 3 aromatic rings. The number of nitrogens with one attached hydrogen (secondary N) is 2. The van der Waals surface area contributed by atoms with E-state index in [0.717, 1.165) is 6.07 Å². The van der Waals surface area contributed by atoms with E-state index in [-0.39, 0.29) is 63.8 Å². The molecule has 53 heavy (non-hydrogen) atoms. The van der Waals surface area contributed by atoms with Crippen LogP contribution in [0.5, 0.6) is 5.75 Å². The highest BCUT2D eigenvalue weighted by atomic mass is 35.5. The molecular weight excluding hydrogens is 755 g/mol. The summed E-state index contributed by atoms with van der Waals surface area (Å²) in [6, 6.07) is 12.8. The molecule has 2 N–H and O–H groups in total. The monoisotopic (exact) mass is 797 g/mol. The van der Waals surface area contributed by atoms with Crippen molar-refractivity contribution in [1.29, 1.82) is 5.26 Å². The maximum atomic E-state index is 16.0. The van der Waals surface area contributed by atoms with Crippen LogP contribution >= 0.6 is 35.6 Å². The van der Waals surface area contributed by atoms with E-state index < -0.39 is 52.3 Å². The number of amides is 1. The minimum Gasteiger partial charge on any atom is -0.495 e. The summed E-state index contributed by atoms with van der Waals surface area (Å²) in [5.74, 6) is -4.03. The molecule has 4 atom stereocenters. The highest BCUT2D eigenvalue weighted by Crippen LogP contribution is 2.53. The van der Waals surface area contributed by atoms with Gasteiger partial charge in [-0.05, 0) is 53.8 Å². The number of rotatable bonds is 16. The van der Waals surface area contributed by atoms with Gasteiger partial charge in [-0.2, -0.15) is 5.26 Å². The molecule has 4 rings (SSSR count). The number of ether oxygens (including phenoxy) is 5. The highest BCUT2D eigenvalue weighted by Gasteiger charge is 2.61. The lowest BCUT2D eigenvalue weighted by molar-refractivity contribution is -0.118. The summed E-state index contributed by atoms with van der Waals surface area (Å²) in [5.41, 5.74) is -1.95. The van der Waals surface area contributed by atoms with Crippen LogP contribution in [0.25, 0.3) is 0 Å². The summed E-state index contributed by atoms with van der Waals surface area (Å²) in [6.45, 7) is 7.63. The van der Waals surface area contributed by atoms with Gasteiger partial charge in [0.2, 0.25) is 5.91 Å². The molecule has 15 heteroatoms. The van der Waals surface area contributed by atoms with E-state index in [1.165, 1.54) is 55.6 Å². The second-order valence-corrected chi connectivity index (χ2v) is 14.3. The van der Waals surface area contributed by atoms with E-state index in [2.05, 4.69) is 16.7 Å². The van der Waals surface area contributed by atoms with Crippen LogP contribution in [0, 0.1) is 28.4 Å². The number of carbonyl (C=O) groups is 2. The van der Waals surface area contributed by atoms with Gasteiger partial charge >= 0.3 is 5.97 Å². The van der Waals surface area contributed by atoms with Gasteiger partial charge in [0.05, 0.1) is 68.5 Å². The third-order valence-electron chi connectivity index (χ3n) is 8.69. The fourth-order valence-electron chi connectivity index (χ4n) is 6.43. The first-order chi connectivity index (χ1) is 24.8. The fraction of sp³-hybridized carbons (Fsp3) is 0.447. The number of hydrogen-bond donors (Lipinski definition) is 2. The first kappa shape index (κ1) is 43.9. The first-order valence-electron chi connectivity index (χ1n) is 16.6. The van der Waals surface area contributed by atoms with Gasteiger partial charge in [-0.3, -0.25) is 4.79 Å². The second-order valence-electron chi connectivity index (χ2n) is 13.4. The molecule has 0 unspecified atom stereocenters. The molecule has 0 aliphatic carbocycles. The van der Waals surface area contributed by atoms with Crippen molar-refractivity contribution in [3.8, 4) is 11.8 Å². The average Bonchev–Trinajstić information content (AvgIpc) is 3.41. The van der Waals surface area contributed by atoms with Gasteiger partial charge in [-0.25, -0.2) is 13.6 Å². The molecule has 0 saturated carbocycles. The second kappa shape index (κ2) is 19.7. The summed E-state index contributed by atoms with van der Waals surface area (Å²) >= 11 is 12.4. The lowest BCUT2D eigenvalue weighted by Gasteiger charge is -2.37. The average molecular weight is 799 g/mol.